The molecule has 0 aliphatic carbocycles. The molecular weight excluding hydrogens is 528 g/mol. The minimum absolute atomic E-state index is 0.667. The second kappa shape index (κ2) is 35.8. The lowest BCUT2D eigenvalue weighted by Gasteiger charge is -2.01. The molecule has 0 rings (SSSR count). The maximum Gasteiger partial charge on any atom is 0.338 e. The topological polar surface area (TPSA) is 43.4 Å². The summed E-state index contributed by atoms with van der Waals surface area (Å²) in [6.07, 6.45) is 53.4. The second-order valence-electron chi connectivity index (χ2n) is 11.7. The van der Waals surface area contributed by atoms with Crippen LogP contribution in [-0.2, 0) is 14.3 Å². The fraction of sp³-hybridized carbons (Fsp3) is 0.650. The van der Waals surface area contributed by atoms with Crippen LogP contribution in [0.3, 0.4) is 0 Å². The van der Waals surface area contributed by atoms with Crippen molar-refractivity contribution in [2.45, 2.75) is 168 Å². The molecule has 0 heterocycles. The van der Waals surface area contributed by atoms with E-state index in [2.05, 4.69) is 26.0 Å². The molecule has 43 heavy (non-hydrogen) atoms. The minimum Gasteiger partial charge on any atom is -0.387 e. The lowest BCUT2D eigenvalue weighted by atomic mass is 10.1. The Labute approximate surface area is 266 Å². The molecule has 0 aliphatic heterocycles. The standard InChI is InChI=1S/C40H66O3/c1-3-5-7-9-11-13-15-17-19-21-23-25-27-29-31-33-35-37-39(41)43-40(42)38-36-34-32-30-28-26-24-22-20-18-16-14-12-10-8-6-4-2/h27-38H,3-26H2,1-2H3. The number of hydrogen-bond donors (Lipinski definition) is 0. The second-order valence-corrected chi connectivity index (χ2v) is 11.7. The van der Waals surface area contributed by atoms with Crippen molar-refractivity contribution in [3.05, 3.63) is 72.9 Å². The summed E-state index contributed by atoms with van der Waals surface area (Å²) in [6, 6.07) is 0. The number of rotatable bonds is 30. The van der Waals surface area contributed by atoms with Gasteiger partial charge in [0.25, 0.3) is 0 Å². The zero-order chi connectivity index (χ0) is 31.3. The Morgan fingerprint density at radius 2 is 0.651 bits per heavy atom. The van der Waals surface area contributed by atoms with E-state index >= 15 is 0 Å². The molecule has 0 radical (unpaired) electrons. The predicted octanol–water partition coefficient (Wildman–Crippen LogP) is 12.8. The molecule has 3 heteroatoms. The highest BCUT2D eigenvalue weighted by molar-refractivity contribution is 5.96. The SMILES string of the molecule is CCCCCCCCCCCCCC=CC=CC=CC(=O)OC(=O)C=CC=CC=CCCCCCCCCCCCCC. The molecule has 0 amide bonds. The molecule has 0 aliphatic rings. The Kier molecular flexibility index (Phi) is 33.8. The third-order valence-electron chi connectivity index (χ3n) is 7.55. The van der Waals surface area contributed by atoms with Crippen molar-refractivity contribution in [1.82, 2.24) is 0 Å². The molecule has 0 aromatic carbocycles. The third kappa shape index (κ3) is 35.7. The molecule has 0 saturated carbocycles. The van der Waals surface area contributed by atoms with E-state index in [0.29, 0.717) is 0 Å². The van der Waals surface area contributed by atoms with Crippen LogP contribution in [0, 0.1) is 0 Å². The molecular formula is C40H66O3. The molecule has 0 bridgehead atoms. The summed E-state index contributed by atoms with van der Waals surface area (Å²) in [5.74, 6) is -1.33. The van der Waals surface area contributed by atoms with Gasteiger partial charge in [-0.05, 0) is 25.7 Å². The Hall–Kier alpha value is -2.42. The van der Waals surface area contributed by atoms with Crippen molar-refractivity contribution in [3.8, 4) is 0 Å². The quantitative estimate of drug-likeness (QED) is 0.0273. The van der Waals surface area contributed by atoms with E-state index < -0.39 is 11.9 Å². The Morgan fingerprint density at radius 3 is 0.977 bits per heavy atom. The van der Waals surface area contributed by atoms with Crippen molar-refractivity contribution >= 4 is 11.9 Å². The van der Waals surface area contributed by atoms with Gasteiger partial charge in [-0.1, -0.05) is 203 Å². The average molecular weight is 595 g/mol. The Morgan fingerprint density at radius 1 is 0.372 bits per heavy atom. The molecule has 0 fully saturated rings. The first-order valence-electron chi connectivity index (χ1n) is 18.0. The van der Waals surface area contributed by atoms with Crippen LogP contribution in [0.5, 0.6) is 0 Å². The fourth-order valence-corrected chi connectivity index (χ4v) is 4.89. The zero-order valence-corrected chi connectivity index (χ0v) is 28.1. The van der Waals surface area contributed by atoms with Crippen molar-refractivity contribution in [1.29, 1.82) is 0 Å². The van der Waals surface area contributed by atoms with Crippen LogP contribution < -0.4 is 0 Å². The number of hydrogen-bond acceptors (Lipinski definition) is 3. The first kappa shape index (κ1) is 40.6. The van der Waals surface area contributed by atoms with Crippen LogP contribution >= 0.6 is 0 Å². The van der Waals surface area contributed by atoms with Gasteiger partial charge in [-0.2, -0.15) is 0 Å². The minimum atomic E-state index is -0.667. The smallest absolute Gasteiger partial charge is 0.338 e. The number of ether oxygens (including phenoxy) is 1. The molecule has 0 aromatic heterocycles. The summed E-state index contributed by atoms with van der Waals surface area (Å²) < 4.78 is 4.75. The summed E-state index contributed by atoms with van der Waals surface area (Å²) in [6.45, 7) is 4.54. The van der Waals surface area contributed by atoms with Crippen molar-refractivity contribution in [3.63, 3.8) is 0 Å². The average Bonchev–Trinajstić information content (AvgIpc) is 3.00. The van der Waals surface area contributed by atoms with Gasteiger partial charge in [0.2, 0.25) is 0 Å². The Balaban J connectivity index is 3.67. The molecule has 244 valence electrons. The summed E-state index contributed by atoms with van der Waals surface area (Å²) in [7, 11) is 0. The molecule has 3 nitrogen and oxygen atoms in total. The number of allylic oxidation sites excluding steroid dienone is 10. The summed E-state index contributed by atoms with van der Waals surface area (Å²) in [5.41, 5.74) is 0. The van der Waals surface area contributed by atoms with Crippen LogP contribution in [0.4, 0.5) is 0 Å². The van der Waals surface area contributed by atoms with Gasteiger partial charge in [0.1, 0.15) is 0 Å². The van der Waals surface area contributed by atoms with Crippen LogP contribution in [0.1, 0.15) is 168 Å². The Bertz CT molecular complexity index is 731. The van der Waals surface area contributed by atoms with E-state index in [1.807, 2.05) is 24.3 Å². The number of carbonyl (C=O) groups excluding carboxylic acids is 2. The van der Waals surface area contributed by atoms with Crippen molar-refractivity contribution < 1.29 is 14.3 Å². The maximum absolute atomic E-state index is 11.8. The van der Waals surface area contributed by atoms with Crippen LogP contribution in [-0.4, -0.2) is 11.9 Å². The summed E-state index contributed by atoms with van der Waals surface area (Å²) >= 11 is 0. The molecule has 0 N–H and O–H groups in total. The van der Waals surface area contributed by atoms with E-state index in [1.165, 1.54) is 153 Å². The lowest BCUT2D eigenvalue weighted by Crippen LogP contribution is -2.06. The van der Waals surface area contributed by atoms with Gasteiger partial charge in [-0.3, -0.25) is 0 Å². The highest BCUT2D eigenvalue weighted by Gasteiger charge is 2.01. The van der Waals surface area contributed by atoms with Gasteiger partial charge in [-0.15, -0.1) is 0 Å². The zero-order valence-electron chi connectivity index (χ0n) is 28.1. The molecule has 0 atom stereocenters. The first-order valence-corrected chi connectivity index (χ1v) is 18.0. The van der Waals surface area contributed by atoms with E-state index in [1.54, 1.807) is 24.3 Å². The monoisotopic (exact) mass is 595 g/mol. The van der Waals surface area contributed by atoms with E-state index in [4.69, 9.17) is 4.74 Å². The van der Waals surface area contributed by atoms with Gasteiger partial charge in [0, 0.05) is 12.2 Å². The maximum atomic E-state index is 11.8. The normalized spacial score (nSPS) is 12.4. The van der Waals surface area contributed by atoms with Crippen molar-refractivity contribution in [2.75, 3.05) is 0 Å². The number of unbranched alkanes of at least 4 members (excludes halogenated alkanes) is 22. The highest BCUT2D eigenvalue weighted by Crippen LogP contribution is 2.13. The summed E-state index contributed by atoms with van der Waals surface area (Å²) in [4.78, 5) is 23.5. The van der Waals surface area contributed by atoms with Gasteiger partial charge in [0.15, 0.2) is 0 Å². The number of carbonyl (C=O) groups is 2. The van der Waals surface area contributed by atoms with Crippen molar-refractivity contribution in [2.24, 2.45) is 0 Å². The van der Waals surface area contributed by atoms with E-state index in [0.717, 1.165) is 12.8 Å². The lowest BCUT2D eigenvalue weighted by molar-refractivity contribution is -0.152. The molecule has 0 saturated heterocycles. The van der Waals surface area contributed by atoms with Gasteiger partial charge in [-0.25, -0.2) is 9.59 Å². The van der Waals surface area contributed by atoms with Crippen LogP contribution in [0.25, 0.3) is 0 Å². The fourth-order valence-electron chi connectivity index (χ4n) is 4.89. The molecule has 0 aromatic rings. The molecule has 0 spiro atoms. The van der Waals surface area contributed by atoms with Gasteiger partial charge in [0.05, 0.1) is 0 Å². The van der Waals surface area contributed by atoms with Crippen LogP contribution in [0.2, 0.25) is 0 Å². The third-order valence-corrected chi connectivity index (χ3v) is 7.55. The first-order chi connectivity index (χ1) is 21.2. The van der Waals surface area contributed by atoms with Crippen LogP contribution in [0.15, 0.2) is 72.9 Å². The molecule has 0 unspecified atom stereocenters. The predicted molar refractivity (Wildman–Crippen MR) is 188 cm³/mol. The highest BCUT2D eigenvalue weighted by atomic mass is 16.6. The summed E-state index contributed by atoms with van der Waals surface area (Å²) in [5, 5.41) is 0. The van der Waals surface area contributed by atoms with Gasteiger partial charge < -0.3 is 4.74 Å². The van der Waals surface area contributed by atoms with E-state index in [9.17, 15) is 9.59 Å². The van der Waals surface area contributed by atoms with E-state index in [-0.39, 0.29) is 0 Å². The van der Waals surface area contributed by atoms with Gasteiger partial charge >= 0.3 is 11.9 Å². The largest absolute Gasteiger partial charge is 0.387 e. The number of esters is 2.